The summed E-state index contributed by atoms with van der Waals surface area (Å²) >= 11 is 0. The van der Waals surface area contributed by atoms with Crippen molar-refractivity contribution in [3.05, 3.63) is 75.1 Å². The number of aliphatic hydroxyl groups excluding tert-OH is 2. The number of fused-ring (bicyclic) bond motifs is 2. The number of nitrogens with zero attached hydrogens (tertiary/aromatic N) is 1. The van der Waals surface area contributed by atoms with Crippen molar-refractivity contribution in [2.24, 2.45) is 0 Å². The number of methoxy groups -OCH3 is 1. The number of aryl methyl sites for hydroxylation is 2. The molecule has 4 rings (SSSR count). The molecule has 6 nitrogen and oxygen atoms in total. The minimum Gasteiger partial charge on any atom is -0.497 e. The van der Waals surface area contributed by atoms with Crippen LogP contribution in [0.4, 0.5) is 0 Å². The average molecular weight is 408 g/mol. The molecule has 0 spiro atoms. The molecule has 1 unspecified atom stereocenters. The maximum absolute atomic E-state index is 13.3. The van der Waals surface area contributed by atoms with Crippen molar-refractivity contribution in [3.63, 3.8) is 0 Å². The lowest BCUT2D eigenvalue weighted by atomic mass is 10.0. The van der Waals surface area contributed by atoms with Crippen LogP contribution in [0.15, 0.2) is 47.3 Å². The van der Waals surface area contributed by atoms with Gasteiger partial charge >= 0.3 is 0 Å². The Balaban J connectivity index is 1.74. The van der Waals surface area contributed by atoms with Crippen molar-refractivity contribution >= 4 is 10.9 Å². The number of ether oxygens (including phenoxy) is 1. The number of rotatable bonds is 8. The van der Waals surface area contributed by atoms with Gasteiger partial charge in [0.15, 0.2) is 0 Å². The molecule has 0 saturated heterocycles. The van der Waals surface area contributed by atoms with E-state index < -0.39 is 6.10 Å². The Kier molecular flexibility index (Phi) is 6.18. The summed E-state index contributed by atoms with van der Waals surface area (Å²) in [5.41, 5.74) is 5.30. The van der Waals surface area contributed by atoms with Gasteiger partial charge in [-0.25, -0.2) is 0 Å². The standard InChI is InChI=1S/C24H28N2O4/c1-30-22-7-5-16(6-8-22)14-26-23-11-18-4-2-3-17(18)9-19(23)10-20(24(26)29)12-25-13-21(28)15-27/h5-11,21,25,27-28H,2-4,12-15H2,1H3. The predicted octanol–water partition coefficient (Wildman–Crippen LogP) is 1.99. The van der Waals surface area contributed by atoms with Gasteiger partial charge in [-0.1, -0.05) is 12.1 Å². The van der Waals surface area contributed by atoms with Crippen molar-refractivity contribution in [3.8, 4) is 5.75 Å². The van der Waals surface area contributed by atoms with Crippen molar-refractivity contribution in [1.82, 2.24) is 9.88 Å². The minimum absolute atomic E-state index is 0.0396. The molecule has 1 aliphatic carbocycles. The average Bonchev–Trinajstić information content (AvgIpc) is 3.22. The van der Waals surface area contributed by atoms with E-state index in [4.69, 9.17) is 9.84 Å². The molecule has 0 amide bonds. The second-order valence-corrected chi connectivity index (χ2v) is 7.91. The molecular formula is C24H28N2O4. The molecule has 0 radical (unpaired) electrons. The molecule has 158 valence electrons. The lowest BCUT2D eigenvalue weighted by Gasteiger charge is -2.16. The van der Waals surface area contributed by atoms with Gasteiger partial charge < -0.3 is 24.8 Å². The van der Waals surface area contributed by atoms with Gasteiger partial charge in [-0.05, 0) is 71.7 Å². The Morgan fingerprint density at radius 2 is 1.87 bits per heavy atom. The van der Waals surface area contributed by atoms with Crippen LogP contribution in [0, 0.1) is 0 Å². The Hall–Kier alpha value is -2.67. The van der Waals surface area contributed by atoms with Gasteiger partial charge in [0.1, 0.15) is 5.75 Å². The van der Waals surface area contributed by atoms with Crippen molar-refractivity contribution in [1.29, 1.82) is 0 Å². The topological polar surface area (TPSA) is 83.7 Å². The van der Waals surface area contributed by atoms with Gasteiger partial charge in [0.2, 0.25) is 0 Å². The van der Waals surface area contributed by atoms with Crippen LogP contribution in [-0.2, 0) is 25.9 Å². The molecule has 3 N–H and O–H groups in total. The molecule has 1 heterocycles. The predicted molar refractivity (Wildman–Crippen MR) is 117 cm³/mol. The van der Waals surface area contributed by atoms with Gasteiger partial charge in [0.25, 0.3) is 5.56 Å². The molecule has 1 aromatic heterocycles. The monoisotopic (exact) mass is 408 g/mol. The second-order valence-electron chi connectivity index (χ2n) is 7.91. The van der Waals surface area contributed by atoms with Gasteiger partial charge in [0, 0.05) is 18.7 Å². The summed E-state index contributed by atoms with van der Waals surface area (Å²) in [5, 5.41) is 22.7. The minimum atomic E-state index is -0.838. The summed E-state index contributed by atoms with van der Waals surface area (Å²) in [5.74, 6) is 0.786. The van der Waals surface area contributed by atoms with Gasteiger partial charge in [-0.15, -0.1) is 0 Å². The highest BCUT2D eigenvalue weighted by molar-refractivity contribution is 5.82. The summed E-state index contributed by atoms with van der Waals surface area (Å²) in [4.78, 5) is 13.3. The summed E-state index contributed by atoms with van der Waals surface area (Å²) < 4.78 is 7.08. The van der Waals surface area contributed by atoms with Crippen LogP contribution in [0.25, 0.3) is 10.9 Å². The van der Waals surface area contributed by atoms with Crippen LogP contribution in [0.3, 0.4) is 0 Å². The normalized spacial score (nSPS) is 14.1. The molecule has 3 aromatic rings. The molecule has 0 fully saturated rings. The first-order valence-electron chi connectivity index (χ1n) is 10.4. The number of nitrogens with one attached hydrogen (secondary N) is 1. The zero-order chi connectivity index (χ0) is 21.1. The molecule has 0 bridgehead atoms. The first kappa shape index (κ1) is 20.6. The van der Waals surface area contributed by atoms with Crippen LogP contribution in [0.1, 0.15) is 28.7 Å². The Bertz CT molecular complexity index is 1090. The van der Waals surface area contributed by atoms with E-state index in [1.54, 1.807) is 7.11 Å². The summed E-state index contributed by atoms with van der Waals surface area (Å²) in [6.07, 6.45) is 2.46. The first-order valence-corrected chi connectivity index (χ1v) is 10.4. The van der Waals surface area contributed by atoms with Crippen LogP contribution >= 0.6 is 0 Å². The number of hydrogen-bond acceptors (Lipinski definition) is 5. The van der Waals surface area contributed by atoms with Gasteiger partial charge in [0.05, 0.1) is 31.9 Å². The molecular weight excluding hydrogens is 380 g/mol. The number of hydrogen-bond donors (Lipinski definition) is 3. The van der Waals surface area contributed by atoms with Crippen molar-refractivity contribution in [2.45, 2.75) is 38.5 Å². The summed E-state index contributed by atoms with van der Waals surface area (Å²) in [7, 11) is 1.64. The van der Waals surface area contributed by atoms with Crippen LogP contribution < -0.4 is 15.6 Å². The van der Waals surface area contributed by atoms with E-state index in [9.17, 15) is 9.90 Å². The number of benzene rings is 2. The van der Waals surface area contributed by atoms with E-state index in [1.165, 1.54) is 11.1 Å². The third kappa shape index (κ3) is 4.26. The SMILES string of the molecule is COc1ccc(Cn2c(=O)c(CNCC(O)CO)cc3cc4c(cc32)CCC4)cc1. The molecule has 0 aliphatic heterocycles. The lowest BCUT2D eigenvalue weighted by Crippen LogP contribution is -2.32. The first-order chi connectivity index (χ1) is 14.6. The smallest absolute Gasteiger partial charge is 0.255 e. The van der Waals surface area contributed by atoms with E-state index in [0.717, 1.165) is 41.5 Å². The largest absolute Gasteiger partial charge is 0.497 e. The molecule has 0 saturated carbocycles. The maximum Gasteiger partial charge on any atom is 0.255 e. The Morgan fingerprint density at radius 3 is 2.57 bits per heavy atom. The zero-order valence-corrected chi connectivity index (χ0v) is 17.2. The lowest BCUT2D eigenvalue weighted by molar-refractivity contribution is 0.0942. The van der Waals surface area contributed by atoms with Crippen LogP contribution in [0.5, 0.6) is 5.75 Å². The van der Waals surface area contributed by atoms with Gasteiger partial charge in [-0.2, -0.15) is 0 Å². The quantitative estimate of drug-likeness (QED) is 0.531. The highest BCUT2D eigenvalue weighted by Gasteiger charge is 2.16. The molecule has 2 aromatic carbocycles. The molecule has 6 heteroatoms. The molecule has 1 aliphatic rings. The summed E-state index contributed by atoms with van der Waals surface area (Å²) in [6.45, 7) is 0.742. The summed E-state index contributed by atoms with van der Waals surface area (Å²) in [6, 6.07) is 14.1. The molecule has 1 atom stereocenters. The van der Waals surface area contributed by atoms with Crippen molar-refractivity contribution in [2.75, 3.05) is 20.3 Å². The zero-order valence-electron chi connectivity index (χ0n) is 17.2. The maximum atomic E-state index is 13.3. The Labute approximate surface area is 175 Å². The fourth-order valence-corrected chi connectivity index (χ4v) is 4.15. The van der Waals surface area contributed by atoms with Crippen LogP contribution in [-0.4, -0.2) is 41.1 Å². The van der Waals surface area contributed by atoms with E-state index in [1.807, 2.05) is 34.9 Å². The highest BCUT2D eigenvalue weighted by atomic mass is 16.5. The number of aromatic nitrogens is 1. The fraction of sp³-hybridized carbons (Fsp3) is 0.375. The second kappa shape index (κ2) is 9.00. The van der Waals surface area contributed by atoms with E-state index in [-0.39, 0.29) is 18.7 Å². The van der Waals surface area contributed by atoms with Gasteiger partial charge in [-0.3, -0.25) is 4.79 Å². The fourth-order valence-electron chi connectivity index (χ4n) is 4.15. The number of aliphatic hydroxyl groups is 2. The van der Waals surface area contributed by atoms with Crippen molar-refractivity contribution < 1.29 is 14.9 Å². The number of pyridine rings is 1. The van der Waals surface area contributed by atoms with Crippen LogP contribution in [0.2, 0.25) is 0 Å². The Morgan fingerprint density at radius 1 is 1.13 bits per heavy atom. The van der Waals surface area contributed by atoms with E-state index in [2.05, 4.69) is 17.4 Å². The van der Waals surface area contributed by atoms with E-state index >= 15 is 0 Å². The highest BCUT2D eigenvalue weighted by Crippen LogP contribution is 2.27. The third-order valence-corrected chi connectivity index (χ3v) is 5.79. The molecule has 30 heavy (non-hydrogen) atoms. The third-order valence-electron chi connectivity index (χ3n) is 5.79. The van der Waals surface area contributed by atoms with E-state index in [0.29, 0.717) is 18.7 Å².